The van der Waals surface area contributed by atoms with Gasteiger partial charge in [-0.2, -0.15) is 0 Å². The zero-order chi connectivity index (χ0) is 15.7. The minimum absolute atomic E-state index is 0.00626. The van der Waals surface area contributed by atoms with Gasteiger partial charge in [0, 0.05) is 13.6 Å². The van der Waals surface area contributed by atoms with E-state index in [0.717, 1.165) is 10.2 Å². The molecule has 0 bridgehead atoms. The van der Waals surface area contributed by atoms with Crippen LogP contribution in [0.25, 0.3) is 21.8 Å². The minimum atomic E-state index is -0.605. The standard InChI is InChI=1S/C13H12N4O4S/c1-16(5-6-18)12-8-4-7-22-13(8)15-11(14-12)9-2-3-10(21-9)17(19)20/h2-4,7,18H,5-6H2,1H3. The van der Waals surface area contributed by atoms with Crippen molar-refractivity contribution in [1.29, 1.82) is 0 Å². The number of aliphatic hydroxyl groups is 1. The van der Waals surface area contributed by atoms with Crippen LogP contribution in [-0.4, -0.2) is 40.2 Å². The van der Waals surface area contributed by atoms with Gasteiger partial charge in [-0.3, -0.25) is 10.1 Å². The third-order valence-corrected chi connectivity index (χ3v) is 3.90. The minimum Gasteiger partial charge on any atom is -0.397 e. The van der Waals surface area contributed by atoms with Crippen LogP contribution >= 0.6 is 11.3 Å². The van der Waals surface area contributed by atoms with E-state index in [-0.39, 0.29) is 24.1 Å². The van der Waals surface area contributed by atoms with E-state index in [9.17, 15) is 10.1 Å². The molecule has 0 saturated carbocycles. The van der Waals surface area contributed by atoms with E-state index < -0.39 is 4.92 Å². The lowest BCUT2D eigenvalue weighted by Crippen LogP contribution is -2.22. The highest BCUT2D eigenvalue weighted by Crippen LogP contribution is 2.31. The molecule has 9 heteroatoms. The number of likely N-dealkylation sites (N-methyl/N-ethyl adjacent to an activating group) is 1. The van der Waals surface area contributed by atoms with E-state index in [2.05, 4.69) is 9.97 Å². The molecule has 3 aromatic heterocycles. The summed E-state index contributed by atoms with van der Waals surface area (Å²) in [4.78, 5) is 21.5. The second-order valence-electron chi connectivity index (χ2n) is 4.55. The van der Waals surface area contributed by atoms with Crippen LogP contribution in [0.4, 0.5) is 11.7 Å². The molecule has 0 aliphatic carbocycles. The maximum Gasteiger partial charge on any atom is 0.433 e. The maximum absolute atomic E-state index is 10.7. The Morgan fingerprint density at radius 2 is 2.23 bits per heavy atom. The first-order chi connectivity index (χ1) is 10.6. The number of hydrogen-bond donors (Lipinski definition) is 1. The van der Waals surface area contributed by atoms with Crippen LogP contribution in [0.3, 0.4) is 0 Å². The van der Waals surface area contributed by atoms with Gasteiger partial charge in [-0.25, -0.2) is 9.97 Å². The fourth-order valence-electron chi connectivity index (χ4n) is 2.04. The lowest BCUT2D eigenvalue weighted by Gasteiger charge is -2.17. The van der Waals surface area contributed by atoms with Crippen LogP contribution < -0.4 is 4.90 Å². The van der Waals surface area contributed by atoms with E-state index in [1.807, 2.05) is 18.5 Å². The van der Waals surface area contributed by atoms with Crippen molar-refractivity contribution < 1.29 is 14.4 Å². The number of nitrogens with zero attached hydrogens (tertiary/aromatic N) is 4. The first-order valence-electron chi connectivity index (χ1n) is 6.42. The summed E-state index contributed by atoms with van der Waals surface area (Å²) in [5.74, 6) is 0.813. The molecule has 0 radical (unpaired) electrons. The molecule has 22 heavy (non-hydrogen) atoms. The molecule has 0 aromatic carbocycles. The largest absolute Gasteiger partial charge is 0.433 e. The fourth-order valence-corrected chi connectivity index (χ4v) is 2.80. The predicted octanol–water partition coefficient (Wildman–Crippen LogP) is 2.29. The molecule has 0 atom stereocenters. The summed E-state index contributed by atoms with van der Waals surface area (Å²) in [7, 11) is 1.81. The van der Waals surface area contributed by atoms with Crippen molar-refractivity contribution in [2.75, 3.05) is 25.1 Å². The van der Waals surface area contributed by atoms with Gasteiger partial charge in [-0.1, -0.05) is 0 Å². The topological polar surface area (TPSA) is 106 Å². The Balaban J connectivity index is 2.11. The van der Waals surface area contributed by atoms with Gasteiger partial charge in [-0.15, -0.1) is 11.3 Å². The van der Waals surface area contributed by atoms with Crippen LogP contribution in [0.2, 0.25) is 0 Å². The molecule has 0 fully saturated rings. The van der Waals surface area contributed by atoms with E-state index in [1.54, 1.807) is 4.90 Å². The summed E-state index contributed by atoms with van der Waals surface area (Å²) in [6.07, 6.45) is 0. The Morgan fingerprint density at radius 3 is 2.91 bits per heavy atom. The number of nitro groups is 1. The smallest absolute Gasteiger partial charge is 0.397 e. The van der Waals surface area contributed by atoms with Crippen molar-refractivity contribution in [3.05, 3.63) is 33.7 Å². The molecule has 3 aromatic rings. The van der Waals surface area contributed by atoms with Gasteiger partial charge in [0.1, 0.15) is 15.6 Å². The van der Waals surface area contributed by atoms with Gasteiger partial charge < -0.3 is 14.4 Å². The highest BCUT2D eigenvalue weighted by molar-refractivity contribution is 7.16. The van der Waals surface area contributed by atoms with Crippen molar-refractivity contribution in [2.45, 2.75) is 0 Å². The molecule has 114 valence electrons. The summed E-state index contributed by atoms with van der Waals surface area (Å²) in [6, 6.07) is 4.65. The molecule has 0 amide bonds. The Hall–Kier alpha value is -2.52. The lowest BCUT2D eigenvalue weighted by atomic mass is 10.3. The lowest BCUT2D eigenvalue weighted by molar-refractivity contribution is -0.401. The van der Waals surface area contributed by atoms with Crippen molar-refractivity contribution in [3.63, 3.8) is 0 Å². The highest BCUT2D eigenvalue weighted by atomic mass is 32.1. The van der Waals surface area contributed by atoms with Crippen LogP contribution in [0, 0.1) is 10.1 Å². The van der Waals surface area contributed by atoms with Gasteiger partial charge in [0.25, 0.3) is 0 Å². The number of fused-ring (bicyclic) bond motifs is 1. The summed E-state index contributed by atoms with van der Waals surface area (Å²) < 4.78 is 5.16. The second-order valence-corrected chi connectivity index (χ2v) is 5.44. The number of anilines is 1. The Bertz CT molecular complexity index is 828. The van der Waals surface area contributed by atoms with Crippen molar-refractivity contribution >= 4 is 33.3 Å². The number of aliphatic hydroxyl groups excluding tert-OH is 1. The maximum atomic E-state index is 10.7. The molecule has 0 unspecified atom stereocenters. The highest BCUT2D eigenvalue weighted by Gasteiger charge is 2.18. The third kappa shape index (κ3) is 2.51. The summed E-state index contributed by atoms with van der Waals surface area (Å²) >= 11 is 1.44. The summed E-state index contributed by atoms with van der Waals surface area (Å²) in [5, 5.41) is 22.6. The van der Waals surface area contributed by atoms with E-state index in [1.165, 1.54) is 23.5 Å². The summed E-state index contributed by atoms with van der Waals surface area (Å²) in [6.45, 7) is 0.410. The average molecular weight is 320 g/mol. The van der Waals surface area contributed by atoms with Crippen molar-refractivity contribution in [1.82, 2.24) is 9.97 Å². The molecule has 0 saturated heterocycles. The van der Waals surface area contributed by atoms with E-state index >= 15 is 0 Å². The molecular weight excluding hydrogens is 308 g/mol. The first-order valence-corrected chi connectivity index (χ1v) is 7.30. The van der Waals surface area contributed by atoms with Crippen LogP contribution in [0.15, 0.2) is 28.0 Å². The molecule has 3 heterocycles. The van der Waals surface area contributed by atoms with E-state index in [0.29, 0.717) is 12.4 Å². The van der Waals surface area contributed by atoms with Crippen molar-refractivity contribution in [2.24, 2.45) is 0 Å². The molecule has 0 spiro atoms. The van der Waals surface area contributed by atoms with Gasteiger partial charge in [0.2, 0.25) is 0 Å². The van der Waals surface area contributed by atoms with Crippen LogP contribution in [0.5, 0.6) is 0 Å². The van der Waals surface area contributed by atoms with Gasteiger partial charge in [0.05, 0.1) is 18.1 Å². The monoisotopic (exact) mass is 320 g/mol. The second kappa shape index (κ2) is 5.70. The Morgan fingerprint density at radius 1 is 1.41 bits per heavy atom. The molecular formula is C13H12N4O4S. The zero-order valence-corrected chi connectivity index (χ0v) is 12.4. The molecule has 0 aliphatic heterocycles. The molecule has 0 aliphatic rings. The van der Waals surface area contributed by atoms with Crippen LogP contribution in [0.1, 0.15) is 0 Å². The number of aromatic nitrogens is 2. The van der Waals surface area contributed by atoms with E-state index in [4.69, 9.17) is 9.52 Å². The fraction of sp³-hybridized carbons (Fsp3) is 0.231. The predicted molar refractivity (Wildman–Crippen MR) is 82.1 cm³/mol. The Labute approximate surface area is 128 Å². The molecule has 8 nitrogen and oxygen atoms in total. The van der Waals surface area contributed by atoms with Crippen molar-refractivity contribution in [3.8, 4) is 11.6 Å². The van der Waals surface area contributed by atoms with Gasteiger partial charge in [0.15, 0.2) is 11.6 Å². The number of rotatable bonds is 5. The first kappa shape index (κ1) is 14.4. The average Bonchev–Trinajstić information content (AvgIpc) is 3.15. The third-order valence-electron chi connectivity index (χ3n) is 3.09. The zero-order valence-electron chi connectivity index (χ0n) is 11.6. The van der Waals surface area contributed by atoms with Gasteiger partial charge in [-0.05, 0) is 17.5 Å². The Kier molecular flexibility index (Phi) is 3.73. The molecule has 3 rings (SSSR count). The SMILES string of the molecule is CN(CCO)c1nc(-c2ccc([N+](=O)[O-])o2)nc2sccc12. The number of thiophene rings is 1. The van der Waals surface area contributed by atoms with Crippen LogP contribution in [-0.2, 0) is 0 Å². The summed E-state index contributed by atoms with van der Waals surface area (Å²) in [5.41, 5.74) is 0. The normalized spacial score (nSPS) is 11.0. The molecule has 1 N–H and O–H groups in total. The quantitative estimate of drug-likeness (QED) is 0.568. The number of hydrogen-bond acceptors (Lipinski definition) is 8. The van der Waals surface area contributed by atoms with Gasteiger partial charge >= 0.3 is 5.88 Å². The number of furan rings is 1.